The predicted octanol–water partition coefficient (Wildman–Crippen LogP) is 0.364. The third-order valence-corrected chi connectivity index (χ3v) is 4.82. The van der Waals surface area contributed by atoms with Crippen LogP contribution < -0.4 is 5.48 Å². The Hall–Kier alpha value is -3.21. The Morgan fingerprint density at radius 2 is 2.19 bits per heavy atom. The van der Waals surface area contributed by atoms with Gasteiger partial charge >= 0.3 is 5.97 Å². The molecule has 10 nitrogen and oxygen atoms in total. The molecule has 142 valence electrons. The zero-order chi connectivity index (χ0) is 19.4. The number of hydrogen-bond donors (Lipinski definition) is 3. The lowest BCUT2D eigenvalue weighted by molar-refractivity contribution is -0.157. The maximum absolute atomic E-state index is 12.0. The monoisotopic (exact) mass is 393 g/mol. The summed E-state index contributed by atoms with van der Waals surface area (Å²) in [5.74, 6) is -1.83. The molecule has 1 aromatic rings. The highest BCUT2D eigenvalue weighted by atomic mass is 32.2. The summed E-state index contributed by atoms with van der Waals surface area (Å²) < 4.78 is 0. The molecule has 0 aromatic heterocycles. The molecule has 1 aromatic carbocycles. The minimum atomic E-state index is -0.839. The van der Waals surface area contributed by atoms with Gasteiger partial charge in [-0.15, -0.1) is 11.8 Å². The first-order valence-corrected chi connectivity index (χ1v) is 8.81. The highest BCUT2D eigenvalue weighted by molar-refractivity contribution is 8.00. The highest BCUT2D eigenvalue weighted by Gasteiger charge is 2.43. The summed E-state index contributed by atoms with van der Waals surface area (Å²) in [6.07, 6.45) is 2.71. The molecule has 3 rings (SSSR count). The number of phenols is 2. The van der Waals surface area contributed by atoms with Crippen LogP contribution in [0.15, 0.2) is 35.1 Å². The second-order valence-corrected chi connectivity index (χ2v) is 6.74. The summed E-state index contributed by atoms with van der Waals surface area (Å²) in [5, 5.41) is 21.9. The fourth-order valence-electron chi connectivity index (χ4n) is 2.36. The Bertz CT molecular complexity index is 839. The fourth-order valence-corrected chi connectivity index (χ4v) is 3.48. The van der Waals surface area contributed by atoms with Gasteiger partial charge in [0.15, 0.2) is 11.5 Å². The van der Waals surface area contributed by atoms with E-state index in [0.717, 1.165) is 6.21 Å². The van der Waals surface area contributed by atoms with E-state index in [0.29, 0.717) is 17.7 Å². The van der Waals surface area contributed by atoms with Gasteiger partial charge in [-0.3, -0.25) is 14.5 Å². The first-order chi connectivity index (χ1) is 13.0. The van der Waals surface area contributed by atoms with E-state index in [-0.39, 0.29) is 35.1 Å². The Morgan fingerprint density at radius 1 is 1.37 bits per heavy atom. The molecular formula is C16H15N3O7S. The standard InChI is InChI=1S/C16H15N3O7S/c20-11-2-1-9(5-12(11)21)8-25-17-7-13(22)18-26-16(24)10-3-4-27-15-6-14(23)19(10)15/h1-3,5,7,15,20-21H,4,6,8H2,(H,18,22)/b17-7-/t15-/m1/s1. The molecule has 2 aliphatic heterocycles. The fraction of sp³-hybridized carbons (Fsp3) is 0.250. The van der Waals surface area contributed by atoms with Crippen LogP contribution in [0, 0.1) is 0 Å². The number of hydroxylamine groups is 1. The van der Waals surface area contributed by atoms with Crippen LogP contribution in [0.25, 0.3) is 0 Å². The minimum Gasteiger partial charge on any atom is -0.504 e. The number of phenolic OH excluding ortho intramolecular Hbond substituents is 2. The van der Waals surface area contributed by atoms with Crippen LogP contribution in [0.1, 0.15) is 12.0 Å². The number of amides is 2. The van der Waals surface area contributed by atoms with Gasteiger partial charge in [-0.1, -0.05) is 11.2 Å². The zero-order valence-corrected chi connectivity index (χ0v) is 14.6. The number of aromatic hydroxyl groups is 2. The van der Waals surface area contributed by atoms with Crippen molar-refractivity contribution < 1.29 is 34.3 Å². The second-order valence-electron chi connectivity index (χ2n) is 5.53. The van der Waals surface area contributed by atoms with Gasteiger partial charge < -0.3 is 19.9 Å². The van der Waals surface area contributed by atoms with Crippen molar-refractivity contribution in [1.82, 2.24) is 10.4 Å². The number of thioether (sulfide) groups is 1. The van der Waals surface area contributed by atoms with Crippen LogP contribution >= 0.6 is 11.8 Å². The molecule has 0 saturated carbocycles. The van der Waals surface area contributed by atoms with Crippen molar-refractivity contribution in [3.8, 4) is 11.5 Å². The molecule has 0 spiro atoms. The van der Waals surface area contributed by atoms with Crippen LogP contribution in [0.2, 0.25) is 0 Å². The summed E-state index contributed by atoms with van der Waals surface area (Å²) in [6, 6.07) is 4.08. The first-order valence-electron chi connectivity index (χ1n) is 7.77. The number of rotatable bonds is 5. The van der Waals surface area contributed by atoms with E-state index in [1.165, 1.54) is 23.1 Å². The van der Waals surface area contributed by atoms with E-state index < -0.39 is 11.9 Å². The average Bonchev–Trinajstić information content (AvgIpc) is 2.64. The lowest BCUT2D eigenvalue weighted by Crippen LogP contribution is -2.53. The van der Waals surface area contributed by atoms with Gasteiger partial charge in [-0.25, -0.2) is 4.79 Å². The highest BCUT2D eigenvalue weighted by Crippen LogP contribution is 2.37. The largest absolute Gasteiger partial charge is 0.504 e. The number of carbonyl (C=O) groups is 3. The second kappa shape index (κ2) is 7.99. The van der Waals surface area contributed by atoms with E-state index in [9.17, 15) is 24.6 Å². The first kappa shape index (κ1) is 18.6. The molecule has 0 bridgehead atoms. The predicted molar refractivity (Wildman–Crippen MR) is 93.1 cm³/mol. The van der Waals surface area contributed by atoms with E-state index in [4.69, 9.17) is 4.84 Å². The zero-order valence-electron chi connectivity index (χ0n) is 13.8. The summed E-state index contributed by atoms with van der Waals surface area (Å²) in [4.78, 5) is 46.0. The summed E-state index contributed by atoms with van der Waals surface area (Å²) in [5.41, 5.74) is 2.52. The third-order valence-electron chi connectivity index (χ3n) is 3.70. The maximum atomic E-state index is 12.0. The van der Waals surface area contributed by atoms with E-state index in [1.807, 2.05) is 5.48 Å². The van der Waals surface area contributed by atoms with Crippen molar-refractivity contribution in [1.29, 1.82) is 0 Å². The van der Waals surface area contributed by atoms with E-state index >= 15 is 0 Å². The quantitative estimate of drug-likeness (QED) is 0.282. The SMILES string of the molecule is O=C(/C=N\OCc1ccc(O)c(O)c1)NOC(=O)C1=CCS[C@@H]2CC(=O)N12. The molecule has 11 heteroatoms. The summed E-state index contributed by atoms with van der Waals surface area (Å²) in [7, 11) is 0. The van der Waals surface area contributed by atoms with Crippen molar-refractivity contribution in [2.75, 3.05) is 5.75 Å². The van der Waals surface area contributed by atoms with Crippen molar-refractivity contribution in [3.63, 3.8) is 0 Å². The van der Waals surface area contributed by atoms with Gasteiger partial charge in [0.2, 0.25) is 5.91 Å². The van der Waals surface area contributed by atoms with Crippen molar-refractivity contribution in [3.05, 3.63) is 35.5 Å². The Balaban J connectivity index is 1.42. The summed E-state index contributed by atoms with van der Waals surface area (Å²) >= 11 is 1.54. The molecule has 1 fully saturated rings. The molecule has 1 saturated heterocycles. The molecule has 1 atom stereocenters. The molecular weight excluding hydrogens is 378 g/mol. The number of hydrogen-bond acceptors (Lipinski definition) is 9. The number of nitrogens with zero attached hydrogens (tertiary/aromatic N) is 2. The lowest BCUT2D eigenvalue weighted by atomic mass is 10.1. The van der Waals surface area contributed by atoms with Crippen molar-refractivity contribution in [2.24, 2.45) is 5.16 Å². The van der Waals surface area contributed by atoms with Gasteiger partial charge in [-0.2, -0.15) is 5.48 Å². The van der Waals surface area contributed by atoms with Crippen LogP contribution in [0.5, 0.6) is 11.5 Å². The van der Waals surface area contributed by atoms with Gasteiger partial charge in [0.05, 0.1) is 11.8 Å². The van der Waals surface area contributed by atoms with Crippen LogP contribution in [-0.2, 0) is 30.7 Å². The average molecular weight is 393 g/mol. The number of carbonyl (C=O) groups excluding carboxylic acids is 3. The van der Waals surface area contributed by atoms with Crippen LogP contribution in [0.3, 0.4) is 0 Å². The molecule has 0 radical (unpaired) electrons. The van der Waals surface area contributed by atoms with E-state index in [1.54, 1.807) is 17.8 Å². The number of β-lactam (4-membered cyclic amide) rings is 1. The summed E-state index contributed by atoms with van der Waals surface area (Å²) in [6.45, 7) is -0.0551. The third kappa shape index (κ3) is 4.31. The molecule has 0 unspecified atom stereocenters. The smallest absolute Gasteiger partial charge is 0.379 e. The van der Waals surface area contributed by atoms with Crippen LogP contribution in [0.4, 0.5) is 0 Å². The molecule has 0 aliphatic carbocycles. The number of oxime groups is 1. The maximum Gasteiger partial charge on any atom is 0.379 e. The number of nitrogens with one attached hydrogen (secondary N) is 1. The normalized spacial score (nSPS) is 18.4. The van der Waals surface area contributed by atoms with Crippen LogP contribution in [-0.4, -0.2) is 50.2 Å². The molecule has 2 heterocycles. The van der Waals surface area contributed by atoms with Gasteiger partial charge in [0.25, 0.3) is 5.91 Å². The molecule has 2 amide bonds. The van der Waals surface area contributed by atoms with Gasteiger partial charge in [0, 0.05) is 5.75 Å². The Labute approximate surface area is 157 Å². The Kier molecular flexibility index (Phi) is 5.50. The van der Waals surface area contributed by atoms with Crippen molar-refractivity contribution >= 4 is 35.8 Å². The lowest BCUT2D eigenvalue weighted by Gasteiger charge is -2.42. The number of fused-ring (bicyclic) bond motifs is 1. The number of benzene rings is 1. The van der Waals surface area contributed by atoms with Crippen molar-refractivity contribution in [2.45, 2.75) is 18.4 Å². The van der Waals surface area contributed by atoms with E-state index in [2.05, 4.69) is 9.99 Å². The van der Waals surface area contributed by atoms with Gasteiger partial charge in [-0.05, 0) is 23.8 Å². The molecule has 27 heavy (non-hydrogen) atoms. The van der Waals surface area contributed by atoms with Gasteiger partial charge in [0.1, 0.15) is 18.5 Å². The Morgan fingerprint density at radius 3 is 2.93 bits per heavy atom. The molecule has 2 aliphatic rings. The topological polar surface area (TPSA) is 138 Å². The minimum absolute atomic E-state index is 0.0551. The molecule has 3 N–H and O–H groups in total.